The van der Waals surface area contributed by atoms with E-state index in [0.717, 1.165) is 11.3 Å². The van der Waals surface area contributed by atoms with Gasteiger partial charge in [0, 0.05) is 45.6 Å². The second-order valence-corrected chi connectivity index (χ2v) is 9.32. The number of hydrogen-bond donors (Lipinski definition) is 2. The highest BCUT2D eigenvalue weighted by atomic mass is 35.5. The summed E-state index contributed by atoms with van der Waals surface area (Å²) in [5, 5.41) is 6.63. The maximum atomic E-state index is 13.7. The monoisotopic (exact) mass is 486 g/mol. The molecular weight excluding hydrogens is 463 g/mol. The molecule has 0 saturated heterocycles. The lowest BCUT2D eigenvalue weighted by atomic mass is 9.71. The molecule has 176 valence electrons. The molecule has 0 aromatic heterocycles. The van der Waals surface area contributed by atoms with Crippen LogP contribution < -0.4 is 10.6 Å². The molecule has 2 aliphatic rings. The number of anilines is 1. The second kappa shape index (κ2) is 9.51. The molecule has 2 N–H and O–H groups in total. The van der Waals surface area contributed by atoms with Crippen molar-refractivity contribution in [2.75, 3.05) is 5.32 Å². The molecule has 3 aromatic carbocycles. The summed E-state index contributed by atoms with van der Waals surface area (Å²) in [6.07, 6.45) is 1.01. The molecule has 6 heteroatoms. The van der Waals surface area contributed by atoms with Gasteiger partial charge in [-0.1, -0.05) is 66.2 Å². The quantitative estimate of drug-likeness (QED) is 0.443. The Labute approximate surface area is 208 Å². The number of carbonyl (C=O) groups is 2. The standard InChI is InChI=1S/C29H24ClFN2O2/c1-17-26(29(35)33-21-11-7-10-20(31)16-21)27(22-12-5-6-13-23(22)30)28-24(32-17)14-19(15-25(28)34)18-8-3-2-4-9-18/h2-13,16,19,27,32H,14-15H2,1H3,(H,33,35)/t19-,27+/m1/s1. The zero-order chi connectivity index (χ0) is 24.5. The molecule has 3 aromatic rings. The lowest BCUT2D eigenvalue weighted by Gasteiger charge is -2.37. The number of amides is 1. The van der Waals surface area contributed by atoms with Crippen LogP contribution in [0.3, 0.4) is 0 Å². The van der Waals surface area contributed by atoms with Gasteiger partial charge in [0.15, 0.2) is 5.78 Å². The summed E-state index contributed by atoms with van der Waals surface area (Å²) < 4.78 is 13.7. The molecule has 0 fully saturated rings. The first-order valence-corrected chi connectivity index (χ1v) is 11.9. The number of hydrogen-bond acceptors (Lipinski definition) is 3. The largest absolute Gasteiger partial charge is 0.362 e. The van der Waals surface area contributed by atoms with Gasteiger partial charge < -0.3 is 10.6 Å². The van der Waals surface area contributed by atoms with Crippen molar-refractivity contribution in [3.8, 4) is 0 Å². The first-order valence-electron chi connectivity index (χ1n) is 11.5. The van der Waals surface area contributed by atoms with Crippen LogP contribution in [-0.4, -0.2) is 11.7 Å². The van der Waals surface area contributed by atoms with Gasteiger partial charge in [0.25, 0.3) is 5.91 Å². The maximum absolute atomic E-state index is 13.7. The number of carbonyl (C=O) groups excluding carboxylic acids is 2. The van der Waals surface area contributed by atoms with Crippen molar-refractivity contribution in [1.29, 1.82) is 0 Å². The van der Waals surface area contributed by atoms with Crippen LogP contribution >= 0.6 is 11.6 Å². The van der Waals surface area contributed by atoms with E-state index < -0.39 is 17.6 Å². The van der Waals surface area contributed by atoms with Crippen LogP contribution in [0, 0.1) is 5.82 Å². The number of Topliss-reactive ketones (excluding diaryl/α,β-unsaturated/α-hetero) is 1. The fraction of sp³-hybridized carbons (Fsp3) is 0.172. The minimum atomic E-state index is -0.627. The van der Waals surface area contributed by atoms with Crippen LogP contribution in [0.5, 0.6) is 0 Å². The summed E-state index contributed by atoms with van der Waals surface area (Å²) in [7, 11) is 0. The van der Waals surface area contributed by atoms with E-state index in [0.29, 0.717) is 46.0 Å². The zero-order valence-electron chi connectivity index (χ0n) is 19.1. The van der Waals surface area contributed by atoms with E-state index in [1.54, 1.807) is 12.1 Å². The van der Waals surface area contributed by atoms with Crippen molar-refractivity contribution in [2.45, 2.75) is 31.6 Å². The molecule has 1 aliphatic carbocycles. The van der Waals surface area contributed by atoms with Crippen molar-refractivity contribution < 1.29 is 14.0 Å². The van der Waals surface area contributed by atoms with Crippen LogP contribution in [0.25, 0.3) is 0 Å². The Bertz CT molecular complexity index is 1380. The fourth-order valence-electron chi connectivity index (χ4n) is 5.09. The van der Waals surface area contributed by atoms with Gasteiger partial charge in [-0.15, -0.1) is 0 Å². The Morgan fingerprint density at radius 2 is 1.74 bits per heavy atom. The van der Waals surface area contributed by atoms with Gasteiger partial charge in [-0.3, -0.25) is 9.59 Å². The molecule has 5 rings (SSSR count). The molecule has 1 amide bonds. The van der Waals surface area contributed by atoms with E-state index in [9.17, 15) is 14.0 Å². The van der Waals surface area contributed by atoms with Crippen molar-refractivity contribution in [1.82, 2.24) is 5.32 Å². The molecule has 0 radical (unpaired) electrons. The summed E-state index contributed by atoms with van der Waals surface area (Å²) in [5.41, 5.74) is 4.57. The highest BCUT2D eigenvalue weighted by Crippen LogP contribution is 2.47. The average molecular weight is 487 g/mol. The predicted molar refractivity (Wildman–Crippen MR) is 136 cm³/mol. The van der Waals surface area contributed by atoms with Gasteiger partial charge in [-0.05, 0) is 54.7 Å². The second-order valence-electron chi connectivity index (χ2n) is 8.91. The maximum Gasteiger partial charge on any atom is 0.254 e. The Hall–Kier alpha value is -3.70. The average Bonchev–Trinajstić information content (AvgIpc) is 2.84. The smallest absolute Gasteiger partial charge is 0.254 e. The van der Waals surface area contributed by atoms with Gasteiger partial charge >= 0.3 is 0 Å². The Morgan fingerprint density at radius 3 is 2.49 bits per heavy atom. The van der Waals surface area contributed by atoms with Crippen LogP contribution in [0.2, 0.25) is 5.02 Å². The lowest BCUT2D eigenvalue weighted by Crippen LogP contribution is -2.37. The molecule has 35 heavy (non-hydrogen) atoms. The van der Waals surface area contributed by atoms with Crippen LogP contribution in [-0.2, 0) is 9.59 Å². The number of allylic oxidation sites excluding steroid dienone is 3. The van der Waals surface area contributed by atoms with E-state index in [-0.39, 0.29) is 11.7 Å². The number of nitrogens with one attached hydrogen (secondary N) is 2. The van der Waals surface area contributed by atoms with Crippen LogP contribution in [0.4, 0.5) is 10.1 Å². The van der Waals surface area contributed by atoms with Crippen LogP contribution in [0.15, 0.2) is 101 Å². The van der Waals surface area contributed by atoms with E-state index in [4.69, 9.17) is 11.6 Å². The SMILES string of the molecule is CC1=C(C(=O)Nc2cccc(F)c2)[C@H](c2ccccc2Cl)C2=C(C[C@@H](c3ccccc3)CC2=O)N1. The third-order valence-corrected chi connectivity index (χ3v) is 6.99. The molecule has 0 bridgehead atoms. The summed E-state index contributed by atoms with van der Waals surface area (Å²) in [4.78, 5) is 27.2. The Kier molecular flexibility index (Phi) is 6.27. The zero-order valence-corrected chi connectivity index (χ0v) is 19.9. The number of dihydropyridines is 1. The Morgan fingerprint density at radius 1 is 1.00 bits per heavy atom. The number of benzene rings is 3. The van der Waals surface area contributed by atoms with Gasteiger partial charge in [0.1, 0.15) is 5.82 Å². The highest BCUT2D eigenvalue weighted by Gasteiger charge is 2.41. The van der Waals surface area contributed by atoms with Crippen molar-refractivity contribution in [2.24, 2.45) is 0 Å². The summed E-state index contributed by atoms with van der Waals surface area (Å²) in [5.74, 6) is -1.44. The summed E-state index contributed by atoms with van der Waals surface area (Å²) in [6.45, 7) is 1.82. The normalized spacial score (nSPS) is 19.8. The topological polar surface area (TPSA) is 58.2 Å². The van der Waals surface area contributed by atoms with E-state index in [2.05, 4.69) is 10.6 Å². The fourth-order valence-corrected chi connectivity index (χ4v) is 5.33. The minimum absolute atomic E-state index is 0.0129. The predicted octanol–water partition coefficient (Wildman–Crippen LogP) is 6.48. The van der Waals surface area contributed by atoms with E-state index in [1.165, 1.54) is 18.2 Å². The highest BCUT2D eigenvalue weighted by molar-refractivity contribution is 6.31. The first-order chi connectivity index (χ1) is 16.9. The molecule has 1 aliphatic heterocycles. The molecule has 2 atom stereocenters. The molecular formula is C29H24ClFN2O2. The first kappa shape index (κ1) is 23.1. The molecule has 4 nitrogen and oxygen atoms in total. The molecule has 0 spiro atoms. The number of halogens is 2. The van der Waals surface area contributed by atoms with Gasteiger partial charge in [-0.2, -0.15) is 0 Å². The summed E-state index contributed by atoms with van der Waals surface area (Å²) >= 11 is 6.60. The van der Waals surface area contributed by atoms with Gasteiger partial charge in [0.2, 0.25) is 0 Å². The molecule has 0 unspecified atom stereocenters. The van der Waals surface area contributed by atoms with Crippen molar-refractivity contribution in [3.63, 3.8) is 0 Å². The lowest BCUT2D eigenvalue weighted by molar-refractivity contribution is -0.116. The van der Waals surface area contributed by atoms with Crippen LogP contribution in [0.1, 0.15) is 42.7 Å². The van der Waals surface area contributed by atoms with Gasteiger partial charge in [-0.25, -0.2) is 4.39 Å². The molecule has 0 saturated carbocycles. The Balaban J connectivity index is 1.58. The van der Waals surface area contributed by atoms with Gasteiger partial charge in [0.05, 0.1) is 0 Å². The van der Waals surface area contributed by atoms with E-state index in [1.807, 2.05) is 55.5 Å². The third-order valence-electron chi connectivity index (χ3n) is 6.64. The van der Waals surface area contributed by atoms with E-state index >= 15 is 0 Å². The minimum Gasteiger partial charge on any atom is -0.362 e. The van der Waals surface area contributed by atoms with Crippen molar-refractivity contribution >= 4 is 29.0 Å². The molecule has 1 heterocycles. The van der Waals surface area contributed by atoms with Crippen molar-refractivity contribution in [3.05, 3.63) is 123 Å². The summed E-state index contributed by atoms with van der Waals surface area (Å²) in [6, 6.07) is 23.0. The number of rotatable bonds is 4. The number of ketones is 1. The third kappa shape index (κ3) is 4.52.